The van der Waals surface area contributed by atoms with Gasteiger partial charge in [0.2, 0.25) is 10.0 Å². The molecule has 6 heteroatoms. The Kier molecular flexibility index (Phi) is 5.26. The van der Waals surface area contributed by atoms with Crippen molar-refractivity contribution in [3.8, 4) is 0 Å². The molecule has 0 spiro atoms. The summed E-state index contributed by atoms with van der Waals surface area (Å²) in [6.07, 6.45) is 0. The Morgan fingerprint density at radius 1 is 1.04 bits per heavy atom. The van der Waals surface area contributed by atoms with E-state index in [9.17, 15) is 12.8 Å². The maximum Gasteiger partial charge on any atom is 0.235 e. The van der Waals surface area contributed by atoms with Gasteiger partial charge in [-0.3, -0.25) is 4.72 Å². The van der Waals surface area contributed by atoms with E-state index in [-0.39, 0.29) is 5.82 Å². The van der Waals surface area contributed by atoms with Gasteiger partial charge in [-0.2, -0.15) is 0 Å². The number of aryl methyl sites for hydroxylation is 1. The van der Waals surface area contributed by atoms with Gasteiger partial charge in [-0.25, -0.2) is 12.8 Å². The van der Waals surface area contributed by atoms with Crippen LogP contribution in [-0.4, -0.2) is 13.7 Å². The smallest absolute Gasteiger partial charge is 0.235 e. The van der Waals surface area contributed by atoms with Gasteiger partial charge in [-0.05, 0) is 56.2 Å². The minimum atomic E-state index is -3.34. The zero-order chi connectivity index (χ0) is 17.0. The van der Waals surface area contributed by atoms with Crippen LogP contribution < -0.4 is 10.0 Å². The average Bonchev–Trinajstić information content (AvgIpc) is 2.49. The summed E-state index contributed by atoms with van der Waals surface area (Å²) in [5, 5.41) is 2.65. The van der Waals surface area contributed by atoms with Gasteiger partial charge in [0, 0.05) is 17.9 Å². The van der Waals surface area contributed by atoms with Crippen molar-refractivity contribution < 1.29 is 12.8 Å². The molecule has 0 aliphatic carbocycles. The van der Waals surface area contributed by atoms with Crippen LogP contribution in [0.4, 0.5) is 15.8 Å². The Labute approximate surface area is 136 Å². The molecule has 0 unspecified atom stereocenters. The molecule has 2 aromatic carbocycles. The van der Waals surface area contributed by atoms with Crippen LogP contribution >= 0.6 is 0 Å². The molecular weight excluding hydrogens is 315 g/mol. The second kappa shape index (κ2) is 7.00. The van der Waals surface area contributed by atoms with E-state index in [4.69, 9.17) is 0 Å². The van der Waals surface area contributed by atoms with Gasteiger partial charge in [0.1, 0.15) is 5.82 Å². The number of hydrogen-bond donors (Lipinski definition) is 2. The summed E-state index contributed by atoms with van der Waals surface area (Å²) in [6, 6.07) is 12.1. The first-order valence-corrected chi connectivity index (χ1v) is 8.93. The molecule has 0 bridgehead atoms. The Bertz CT molecular complexity index is 772. The Hall–Kier alpha value is -2.08. The predicted octanol–water partition coefficient (Wildman–Crippen LogP) is 3.90. The van der Waals surface area contributed by atoms with Crippen LogP contribution in [0.25, 0.3) is 0 Å². The fraction of sp³-hybridized carbons (Fsp3) is 0.294. The first-order chi connectivity index (χ1) is 10.8. The maximum atomic E-state index is 13.5. The second-order valence-corrected chi connectivity index (χ2v) is 7.95. The lowest BCUT2D eigenvalue weighted by Gasteiger charge is -2.12. The molecule has 0 fully saturated rings. The molecule has 4 nitrogen and oxygen atoms in total. The van der Waals surface area contributed by atoms with Crippen molar-refractivity contribution in [2.75, 3.05) is 10.0 Å². The molecule has 0 aromatic heterocycles. The highest BCUT2D eigenvalue weighted by Crippen LogP contribution is 2.17. The number of sulfonamides is 1. The molecule has 2 aromatic rings. The maximum absolute atomic E-state index is 13.5. The van der Waals surface area contributed by atoms with Crippen LogP contribution in [0.5, 0.6) is 0 Å². The molecular formula is C17H21FN2O2S. The number of hydrogen-bond acceptors (Lipinski definition) is 3. The molecule has 0 heterocycles. The molecule has 0 aliphatic rings. The summed E-state index contributed by atoms with van der Waals surface area (Å²) in [5.74, 6) is -0.242. The molecule has 2 rings (SSSR count). The van der Waals surface area contributed by atoms with Gasteiger partial charge in [0.05, 0.1) is 5.25 Å². The summed E-state index contributed by atoms with van der Waals surface area (Å²) in [6.45, 7) is 5.50. The van der Waals surface area contributed by atoms with Gasteiger partial charge >= 0.3 is 0 Å². The quantitative estimate of drug-likeness (QED) is 0.841. The SMILES string of the molecule is Cc1ccc(NCc2ccc(NS(=O)(=O)C(C)C)cc2)cc1F. The summed E-state index contributed by atoms with van der Waals surface area (Å²) in [4.78, 5) is 0. The van der Waals surface area contributed by atoms with E-state index < -0.39 is 15.3 Å². The normalized spacial score (nSPS) is 11.5. The van der Waals surface area contributed by atoms with Crippen molar-refractivity contribution in [1.82, 2.24) is 0 Å². The summed E-state index contributed by atoms with van der Waals surface area (Å²) in [7, 11) is -3.34. The molecule has 0 saturated carbocycles. The van der Waals surface area contributed by atoms with Gasteiger partial charge < -0.3 is 5.32 Å². The molecule has 0 saturated heterocycles. The first-order valence-electron chi connectivity index (χ1n) is 7.38. The Balaban J connectivity index is 1.99. The molecule has 0 radical (unpaired) electrons. The van der Waals surface area contributed by atoms with Gasteiger partial charge in [-0.1, -0.05) is 18.2 Å². The van der Waals surface area contributed by atoms with E-state index in [0.717, 1.165) is 5.56 Å². The van der Waals surface area contributed by atoms with E-state index in [2.05, 4.69) is 10.0 Å². The highest BCUT2D eigenvalue weighted by Gasteiger charge is 2.15. The topological polar surface area (TPSA) is 58.2 Å². The van der Waals surface area contributed by atoms with E-state index >= 15 is 0 Å². The van der Waals surface area contributed by atoms with E-state index in [0.29, 0.717) is 23.5 Å². The van der Waals surface area contributed by atoms with Crippen LogP contribution in [0, 0.1) is 12.7 Å². The minimum Gasteiger partial charge on any atom is -0.381 e. The summed E-state index contributed by atoms with van der Waals surface area (Å²) >= 11 is 0. The third kappa shape index (κ3) is 4.69. The van der Waals surface area contributed by atoms with Crippen molar-refractivity contribution in [3.05, 3.63) is 59.4 Å². The zero-order valence-corrected chi connectivity index (χ0v) is 14.2. The fourth-order valence-corrected chi connectivity index (χ4v) is 2.58. The summed E-state index contributed by atoms with van der Waals surface area (Å²) < 4.78 is 39.6. The molecule has 124 valence electrons. The third-order valence-electron chi connectivity index (χ3n) is 3.50. The van der Waals surface area contributed by atoms with E-state index in [1.165, 1.54) is 6.07 Å². The van der Waals surface area contributed by atoms with Crippen molar-refractivity contribution in [2.24, 2.45) is 0 Å². The number of anilines is 2. The molecule has 23 heavy (non-hydrogen) atoms. The monoisotopic (exact) mass is 336 g/mol. The van der Waals surface area contributed by atoms with Gasteiger partial charge in [0.25, 0.3) is 0 Å². The Morgan fingerprint density at radius 2 is 1.65 bits per heavy atom. The van der Waals surface area contributed by atoms with Crippen LogP contribution in [0.15, 0.2) is 42.5 Å². The van der Waals surface area contributed by atoms with E-state index in [1.807, 2.05) is 18.2 Å². The first kappa shape index (κ1) is 17.3. The number of halogens is 1. The van der Waals surface area contributed by atoms with Crippen molar-refractivity contribution in [1.29, 1.82) is 0 Å². The number of rotatable bonds is 6. The van der Waals surface area contributed by atoms with Crippen molar-refractivity contribution >= 4 is 21.4 Å². The standard InChI is InChI=1S/C17H21FN2O2S/c1-12(2)23(21,22)20-15-8-5-14(6-9-15)11-19-16-7-4-13(3)17(18)10-16/h4-10,12,19-20H,11H2,1-3H3. The van der Waals surface area contributed by atoms with Crippen LogP contribution in [0.1, 0.15) is 25.0 Å². The predicted molar refractivity (Wildman–Crippen MR) is 92.6 cm³/mol. The number of nitrogens with one attached hydrogen (secondary N) is 2. The van der Waals surface area contributed by atoms with Crippen LogP contribution in [0.3, 0.4) is 0 Å². The lowest BCUT2D eigenvalue weighted by molar-refractivity contribution is 0.593. The number of benzene rings is 2. The Morgan fingerprint density at radius 3 is 2.22 bits per heavy atom. The van der Waals surface area contributed by atoms with Crippen molar-refractivity contribution in [3.63, 3.8) is 0 Å². The lowest BCUT2D eigenvalue weighted by Crippen LogP contribution is -2.22. The van der Waals surface area contributed by atoms with Gasteiger partial charge in [-0.15, -0.1) is 0 Å². The molecule has 0 aliphatic heterocycles. The van der Waals surface area contributed by atoms with Crippen molar-refractivity contribution in [2.45, 2.75) is 32.6 Å². The van der Waals surface area contributed by atoms with E-state index in [1.54, 1.807) is 39.0 Å². The second-order valence-electron chi connectivity index (χ2n) is 5.71. The highest BCUT2D eigenvalue weighted by atomic mass is 32.2. The van der Waals surface area contributed by atoms with Crippen LogP contribution in [0.2, 0.25) is 0 Å². The average molecular weight is 336 g/mol. The molecule has 2 N–H and O–H groups in total. The minimum absolute atomic E-state index is 0.242. The zero-order valence-electron chi connectivity index (χ0n) is 13.4. The van der Waals surface area contributed by atoms with Gasteiger partial charge in [0.15, 0.2) is 0 Å². The van der Waals surface area contributed by atoms with Crippen LogP contribution in [-0.2, 0) is 16.6 Å². The molecule has 0 atom stereocenters. The molecule has 0 amide bonds. The highest BCUT2D eigenvalue weighted by molar-refractivity contribution is 7.93. The summed E-state index contributed by atoms with van der Waals surface area (Å²) in [5.41, 5.74) is 2.82. The largest absolute Gasteiger partial charge is 0.381 e. The fourth-order valence-electron chi connectivity index (χ4n) is 1.88. The lowest BCUT2D eigenvalue weighted by atomic mass is 10.2. The third-order valence-corrected chi connectivity index (χ3v) is 5.26.